The van der Waals surface area contributed by atoms with Crippen molar-refractivity contribution in [3.05, 3.63) is 46.2 Å². The number of carbonyl (C=O) groups excluding carboxylic acids is 1. The maximum Gasteiger partial charge on any atom is 0.244 e. The highest BCUT2D eigenvalue weighted by atomic mass is 32.1. The molecular weight excluding hydrogens is 260 g/mol. The van der Waals surface area contributed by atoms with Crippen LogP contribution in [-0.2, 0) is 11.3 Å². The predicted molar refractivity (Wildman–Crippen MR) is 71.3 cm³/mol. The number of rotatable bonds is 4. The van der Waals surface area contributed by atoms with E-state index in [-0.39, 0.29) is 5.91 Å². The average Bonchev–Trinajstić information content (AvgIpc) is 2.85. The Labute approximate surface area is 114 Å². The fourth-order valence-electron chi connectivity index (χ4n) is 1.52. The van der Waals surface area contributed by atoms with Crippen LogP contribution in [0, 0.1) is 18.3 Å². The Morgan fingerprint density at radius 3 is 3.05 bits per heavy atom. The monoisotopic (exact) mass is 272 g/mol. The Morgan fingerprint density at radius 1 is 1.63 bits per heavy atom. The van der Waals surface area contributed by atoms with Crippen LogP contribution in [0.5, 0.6) is 0 Å². The van der Waals surface area contributed by atoms with Gasteiger partial charge in [-0.05, 0) is 18.6 Å². The van der Waals surface area contributed by atoms with Gasteiger partial charge in [-0.2, -0.15) is 5.26 Å². The van der Waals surface area contributed by atoms with E-state index < -0.39 is 5.92 Å². The van der Waals surface area contributed by atoms with E-state index in [1.807, 2.05) is 24.4 Å². The number of hydrogen-bond donors (Lipinski definition) is 1. The first-order chi connectivity index (χ1) is 9.20. The molecule has 0 saturated heterocycles. The van der Waals surface area contributed by atoms with Gasteiger partial charge in [0, 0.05) is 30.0 Å². The van der Waals surface area contributed by atoms with Gasteiger partial charge in [0.05, 0.1) is 6.07 Å². The lowest BCUT2D eigenvalue weighted by Gasteiger charge is -2.07. The number of thiazole rings is 1. The number of aryl methyl sites for hydroxylation is 1. The van der Waals surface area contributed by atoms with Crippen LogP contribution in [0.1, 0.15) is 22.2 Å². The molecule has 0 aromatic carbocycles. The van der Waals surface area contributed by atoms with Crippen molar-refractivity contribution >= 4 is 17.2 Å². The van der Waals surface area contributed by atoms with Crippen molar-refractivity contribution in [2.45, 2.75) is 19.4 Å². The fourth-order valence-corrected chi connectivity index (χ4v) is 2.36. The minimum Gasteiger partial charge on any atom is -0.350 e. The summed E-state index contributed by atoms with van der Waals surface area (Å²) in [6, 6.07) is 5.65. The summed E-state index contributed by atoms with van der Waals surface area (Å²) >= 11 is 1.33. The van der Waals surface area contributed by atoms with Crippen LogP contribution in [0.15, 0.2) is 29.9 Å². The van der Waals surface area contributed by atoms with Crippen LogP contribution >= 0.6 is 11.3 Å². The summed E-state index contributed by atoms with van der Waals surface area (Å²) in [4.78, 5) is 20.1. The minimum absolute atomic E-state index is 0.333. The number of carbonyl (C=O) groups is 1. The van der Waals surface area contributed by atoms with Crippen molar-refractivity contribution in [3.63, 3.8) is 0 Å². The molecule has 19 heavy (non-hydrogen) atoms. The molecular formula is C13H12N4OS. The van der Waals surface area contributed by atoms with Gasteiger partial charge in [-0.1, -0.05) is 6.07 Å². The number of pyridine rings is 1. The normalized spacial score (nSPS) is 11.6. The molecule has 6 heteroatoms. The molecule has 96 valence electrons. The molecule has 0 bridgehead atoms. The fraction of sp³-hybridized carbons (Fsp3) is 0.231. The van der Waals surface area contributed by atoms with Gasteiger partial charge in [-0.25, -0.2) is 4.98 Å². The first kappa shape index (κ1) is 13.2. The van der Waals surface area contributed by atoms with Gasteiger partial charge < -0.3 is 5.32 Å². The molecule has 5 nitrogen and oxygen atoms in total. The lowest BCUT2D eigenvalue weighted by molar-refractivity contribution is -0.121. The second-order valence-electron chi connectivity index (χ2n) is 3.97. The van der Waals surface area contributed by atoms with Crippen LogP contribution in [-0.4, -0.2) is 15.9 Å². The molecule has 2 rings (SSSR count). The molecule has 0 radical (unpaired) electrons. The van der Waals surface area contributed by atoms with Gasteiger partial charge in [0.1, 0.15) is 5.01 Å². The largest absolute Gasteiger partial charge is 0.350 e. The molecule has 0 spiro atoms. The Balaban J connectivity index is 2.00. The molecule has 0 aliphatic heterocycles. The molecule has 0 saturated carbocycles. The van der Waals surface area contributed by atoms with Gasteiger partial charge in [0.25, 0.3) is 0 Å². The summed E-state index contributed by atoms with van der Waals surface area (Å²) in [7, 11) is 0. The van der Waals surface area contributed by atoms with E-state index in [0.717, 1.165) is 11.3 Å². The Bertz CT molecular complexity index is 603. The van der Waals surface area contributed by atoms with Crippen LogP contribution < -0.4 is 5.32 Å². The van der Waals surface area contributed by atoms with Crippen LogP contribution in [0.25, 0.3) is 0 Å². The zero-order chi connectivity index (χ0) is 13.7. The van der Waals surface area contributed by atoms with Crippen molar-refractivity contribution in [3.8, 4) is 6.07 Å². The maximum atomic E-state index is 12.0. The highest BCUT2D eigenvalue weighted by Crippen LogP contribution is 2.19. The summed E-state index contributed by atoms with van der Waals surface area (Å²) in [5.41, 5.74) is 1.71. The summed E-state index contributed by atoms with van der Waals surface area (Å²) in [6.45, 7) is 2.19. The maximum absolute atomic E-state index is 12.0. The topological polar surface area (TPSA) is 78.7 Å². The van der Waals surface area contributed by atoms with Crippen molar-refractivity contribution in [1.82, 2.24) is 15.3 Å². The number of amides is 1. The summed E-state index contributed by atoms with van der Waals surface area (Å²) in [6.07, 6.45) is 3.34. The van der Waals surface area contributed by atoms with Crippen molar-refractivity contribution in [2.24, 2.45) is 0 Å². The first-order valence-electron chi connectivity index (χ1n) is 5.69. The first-order valence-corrected chi connectivity index (χ1v) is 6.57. The molecule has 0 fully saturated rings. The second kappa shape index (κ2) is 6.07. The molecule has 0 unspecified atom stereocenters. The van der Waals surface area contributed by atoms with E-state index >= 15 is 0 Å². The third kappa shape index (κ3) is 3.36. The zero-order valence-electron chi connectivity index (χ0n) is 10.3. The molecule has 1 amide bonds. The molecule has 0 aliphatic rings. The van der Waals surface area contributed by atoms with E-state index in [1.54, 1.807) is 18.5 Å². The van der Waals surface area contributed by atoms with Crippen LogP contribution in [0.3, 0.4) is 0 Å². The van der Waals surface area contributed by atoms with Crippen LogP contribution in [0.2, 0.25) is 0 Å². The summed E-state index contributed by atoms with van der Waals surface area (Å²) < 4.78 is 0. The standard InChI is InChI=1S/C13H12N4OS/c1-9-8-19-13(17-9)11(5-14)12(18)16-7-10-3-2-4-15-6-10/h2-4,6,8,11H,7H2,1H3,(H,16,18)/t11-/m0/s1. The minimum atomic E-state index is -0.852. The quantitative estimate of drug-likeness (QED) is 0.920. The van der Waals surface area contributed by atoms with Crippen molar-refractivity contribution < 1.29 is 4.79 Å². The third-order valence-corrected chi connectivity index (χ3v) is 3.49. The van der Waals surface area contributed by atoms with Gasteiger partial charge >= 0.3 is 0 Å². The summed E-state index contributed by atoms with van der Waals surface area (Å²) in [5.74, 6) is -1.18. The Morgan fingerprint density at radius 2 is 2.47 bits per heavy atom. The van der Waals surface area contributed by atoms with E-state index in [2.05, 4.69) is 15.3 Å². The van der Waals surface area contributed by atoms with Gasteiger partial charge in [0.15, 0.2) is 5.92 Å². The highest BCUT2D eigenvalue weighted by molar-refractivity contribution is 7.09. The van der Waals surface area contributed by atoms with Crippen LogP contribution in [0.4, 0.5) is 0 Å². The lowest BCUT2D eigenvalue weighted by atomic mass is 10.1. The zero-order valence-corrected chi connectivity index (χ0v) is 11.1. The number of aromatic nitrogens is 2. The van der Waals surface area contributed by atoms with Gasteiger partial charge in [-0.3, -0.25) is 9.78 Å². The number of hydrogen-bond acceptors (Lipinski definition) is 5. The molecule has 1 atom stereocenters. The average molecular weight is 272 g/mol. The van der Waals surface area contributed by atoms with E-state index in [4.69, 9.17) is 5.26 Å². The number of nitrogens with zero attached hydrogens (tertiary/aromatic N) is 3. The van der Waals surface area contributed by atoms with Crippen molar-refractivity contribution in [2.75, 3.05) is 0 Å². The smallest absolute Gasteiger partial charge is 0.244 e. The number of nitrogens with one attached hydrogen (secondary N) is 1. The Kier molecular flexibility index (Phi) is 4.21. The number of nitriles is 1. The predicted octanol–water partition coefficient (Wildman–Crippen LogP) is 1.77. The molecule has 1 N–H and O–H groups in total. The van der Waals surface area contributed by atoms with Gasteiger partial charge in [-0.15, -0.1) is 11.3 Å². The highest BCUT2D eigenvalue weighted by Gasteiger charge is 2.22. The second-order valence-corrected chi connectivity index (χ2v) is 4.86. The molecule has 2 heterocycles. The lowest BCUT2D eigenvalue weighted by Crippen LogP contribution is -2.28. The molecule has 2 aromatic heterocycles. The molecule has 2 aromatic rings. The summed E-state index contributed by atoms with van der Waals surface area (Å²) in [5, 5.41) is 14.2. The SMILES string of the molecule is Cc1csc([C@@H](C#N)C(=O)NCc2cccnc2)n1. The van der Waals surface area contributed by atoms with E-state index in [1.165, 1.54) is 11.3 Å². The van der Waals surface area contributed by atoms with Gasteiger partial charge in [0.2, 0.25) is 5.91 Å². The van der Waals surface area contributed by atoms with E-state index in [9.17, 15) is 4.79 Å². The third-order valence-electron chi connectivity index (χ3n) is 2.46. The van der Waals surface area contributed by atoms with Crippen molar-refractivity contribution in [1.29, 1.82) is 5.26 Å². The van der Waals surface area contributed by atoms with E-state index in [0.29, 0.717) is 11.6 Å². The Hall–Kier alpha value is -2.26. The molecule has 0 aliphatic carbocycles.